The predicted molar refractivity (Wildman–Crippen MR) is 95.3 cm³/mol. The Balaban J connectivity index is 1.45. The summed E-state index contributed by atoms with van der Waals surface area (Å²) >= 11 is 0. The molecule has 7 nitrogen and oxygen atoms in total. The zero-order valence-electron chi connectivity index (χ0n) is 15.0. The molecule has 1 aliphatic rings. The van der Waals surface area contributed by atoms with Crippen molar-refractivity contribution < 1.29 is 9.32 Å². The zero-order chi connectivity index (χ0) is 17.8. The van der Waals surface area contributed by atoms with Crippen molar-refractivity contribution in [2.75, 3.05) is 38.0 Å². The summed E-state index contributed by atoms with van der Waals surface area (Å²) in [6.07, 6.45) is 0. The first-order valence-corrected chi connectivity index (χ1v) is 8.64. The van der Waals surface area contributed by atoms with Crippen LogP contribution in [0.15, 0.2) is 28.8 Å². The van der Waals surface area contributed by atoms with E-state index in [1.165, 1.54) is 5.56 Å². The molecule has 1 saturated heterocycles. The lowest BCUT2D eigenvalue weighted by Crippen LogP contribution is -2.49. The third-order valence-electron chi connectivity index (χ3n) is 4.56. The molecule has 1 aliphatic heterocycles. The Morgan fingerprint density at radius 2 is 1.88 bits per heavy atom. The van der Waals surface area contributed by atoms with Gasteiger partial charge in [0.05, 0.1) is 12.6 Å². The standard InChI is InChI=1S/C18H25N5O2/c1-13-4-6-16(7-5-13)20-17(24)12-22-8-10-23(11-9-22)14(2)18-19-15(3)21-25-18/h4-7,14H,8-12H2,1-3H3,(H,20,24). The van der Waals surface area contributed by atoms with Gasteiger partial charge in [0.1, 0.15) is 0 Å². The normalized spacial score (nSPS) is 17.4. The molecule has 1 N–H and O–H groups in total. The van der Waals surface area contributed by atoms with E-state index in [-0.39, 0.29) is 11.9 Å². The number of hydrogen-bond donors (Lipinski definition) is 1. The van der Waals surface area contributed by atoms with Crippen LogP contribution in [0.1, 0.15) is 30.2 Å². The zero-order valence-corrected chi connectivity index (χ0v) is 15.0. The van der Waals surface area contributed by atoms with Crippen LogP contribution in [0, 0.1) is 13.8 Å². The van der Waals surface area contributed by atoms with Crippen LogP contribution >= 0.6 is 0 Å². The van der Waals surface area contributed by atoms with E-state index in [1.807, 2.05) is 38.1 Å². The Bertz CT molecular complexity index is 705. The van der Waals surface area contributed by atoms with Crippen molar-refractivity contribution in [2.24, 2.45) is 0 Å². The van der Waals surface area contributed by atoms with Crippen molar-refractivity contribution in [3.05, 3.63) is 41.5 Å². The van der Waals surface area contributed by atoms with Gasteiger partial charge >= 0.3 is 0 Å². The highest BCUT2D eigenvalue weighted by Crippen LogP contribution is 2.20. The molecular weight excluding hydrogens is 318 g/mol. The molecule has 1 atom stereocenters. The van der Waals surface area contributed by atoms with Crippen LogP contribution in [0.3, 0.4) is 0 Å². The topological polar surface area (TPSA) is 74.5 Å². The minimum absolute atomic E-state index is 0.0258. The number of carbonyl (C=O) groups is 1. The van der Waals surface area contributed by atoms with Gasteiger partial charge in [-0.3, -0.25) is 14.6 Å². The van der Waals surface area contributed by atoms with Crippen molar-refractivity contribution in [2.45, 2.75) is 26.8 Å². The summed E-state index contributed by atoms with van der Waals surface area (Å²) in [5.74, 6) is 1.34. The number of benzene rings is 1. The van der Waals surface area contributed by atoms with Gasteiger partial charge in [0, 0.05) is 31.9 Å². The number of amides is 1. The Labute approximate surface area is 148 Å². The van der Waals surface area contributed by atoms with Crippen LogP contribution in [-0.4, -0.2) is 58.6 Å². The highest BCUT2D eigenvalue weighted by molar-refractivity contribution is 5.92. The molecule has 0 saturated carbocycles. The second-order valence-electron chi connectivity index (χ2n) is 6.58. The third kappa shape index (κ3) is 4.64. The molecule has 1 aromatic heterocycles. The van der Waals surface area contributed by atoms with Crippen LogP contribution in [0.5, 0.6) is 0 Å². The molecule has 0 radical (unpaired) electrons. The SMILES string of the molecule is Cc1ccc(NC(=O)CN2CCN(C(C)c3nc(C)no3)CC2)cc1. The number of nitrogens with one attached hydrogen (secondary N) is 1. The molecule has 0 spiro atoms. The molecule has 3 rings (SSSR count). The lowest BCUT2D eigenvalue weighted by atomic mass is 10.2. The Hall–Kier alpha value is -2.25. The number of anilines is 1. The maximum atomic E-state index is 12.2. The van der Waals surface area contributed by atoms with E-state index in [9.17, 15) is 4.79 Å². The molecular formula is C18H25N5O2. The van der Waals surface area contributed by atoms with Gasteiger partial charge in [-0.2, -0.15) is 4.98 Å². The van der Waals surface area contributed by atoms with Gasteiger partial charge < -0.3 is 9.84 Å². The van der Waals surface area contributed by atoms with E-state index in [1.54, 1.807) is 0 Å². The summed E-state index contributed by atoms with van der Waals surface area (Å²) in [6, 6.07) is 7.95. The van der Waals surface area contributed by atoms with E-state index in [0.29, 0.717) is 18.3 Å². The minimum Gasteiger partial charge on any atom is -0.338 e. The van der Waals surface area contributed by atoms with Crippen LogP contribution in [0.25, 0.3) is 0 Å². The Kier molecular flexibility index (Phi) is 5.45. The van der Waals surface area contributed by atoms with E-state index < -0.39 is 0 Å². The molecule has 1 amide bonds. The van der Waals surface area contributed by atoms with Crippen LogP contribution in [-0.2, 0) is 4.79 Å². The largest absolute Gasteiger partial charge is 0.338 e. The van der Waals surface area contributed by atoms with Crippen molar-refractivity contribution in [3.8, 4) is 0 Å². The summed E-state index contributed by atoms with van der Waals surface area (Å²) < 4.78 is 5.26. The third-order valence-corrected chi connectivity index (χ3v) is 4.56. The maximum Gasteiger partial charge on any atom is 0.243 e. The molecule has 7 heteroatoms. The molecule has 2 heterocycles. The van der Waals surface area contributed by atoms with Crippen molar-refractivity contribution in [3.63, 3.8) is 0 Å². The molecule has 2 aromatic rings. The highest BCUT2D eigenvalue weighted by atomic mass is 16.5. The summed E-state index contributed by atoms with van der Waals surface area (Å²) in [6.45, 7) is 9.78. The fourth-order valence-electron chi connectivity index (χ4n) is 2.99. The minimum atomic E-state index is 0.0258. The van der Waals surface area contributed by atoms with E-state index in [0.717, 1.165) is 31.9 Å². The van der Waals surface area contributed by atoms with Gasteiger partial charge in [-0.1, -0.05) is 22.9 Å². The van der Waals surface area contributed by atoms with Gasteiger partial charge in [-0.15, -0.1) is 0 Å². The fraction of sp³-hybridized carbons (Fsp3) is 0.500. The highest BCUT2D eigenvalue weighted by Gasteiger charge is 2.26. The number of aromatic nitrogens is 2. The molecule has 134 valence electrons. The Morgan fingerprint density at radius 3 is 2.48 bits per heavy atom. The van der Waals surface area contributed by atoms with Crippen LogP contribution < -0.4 is 5.32 Å². The number of carbonyl (C=O) groups excluding carboxylic acids is 1. The first kappa shape index (κ1) is 17.6. The monoisotopic (exact) mass is 343 g/mol. The second-order valence-corrected chi connectivity index (χ2v) is 6.58. The van der Waals surface area contributed by atoms with Crippen LogP contribution in [0.2, 0.25) is 0 Å². The van der Waals surface area contributed by atoms with E-state index >= 15 is 0 Å². The first-order valence-electron chi connectivity index (χ1n) is 8.64. The molecule has 25 heavy (non-hydrogen) atoms. The summed E-state index contributed by atoms with van der Waals surface area (Å²) in [5.41, 5.74) is 2.02. The smallest absolute Gasteiger partial charge is 0.243 e. The van der Waals surface area contributed by atoms with Crippen molar-refractivity contribution in [1.29, 1.82) is 0 Å². The molecule has 1 unspecified atom stereocenters. The van der Waals surface area contributed by atoms with Gasteiger partial charge in [0.25, 0.3) is 0 Å². The second kappa shape index (κ2) is 7.76. The van der Waals surface area contributed by atoms with E-state index in [2.05, 4.69) is 32.2 Å². The fourth-order valence-corrected chi connectivity index (χ4v) is 2.99. The van der Waals surface area contributed by atoms with Gasteiger partial charge in [0.2, 0.25) is 11.8 Å². The molecule has 1 fully saturated rings. The average Bonchev–Trinajstić information content (AvgIpc) is 3.03. The number of aryl methyl sites for hydroxylation is 2. The number of hydrogen-bond acceptors (Lipinski definition) is 6. The quantitative estimate of drug-likeness (QED) is 0.895. The lowest BCUT2D eigenvalue weighted by molar-refractivity contribution is -0.117. The number of nitrogens with zero attached hydrogens (tertiary/aromatic N) is 4. The maximum absolute atomic E-state index is 12.2. The number of piperazine rings is 1. The molecule has 1 aromatic carbocycles. The Morgan fingerprint density at radius 1 is 1.20 bits per heavy atom. The predicted octanol–water partition coefficient (Wildman–Crippen LogP) is 2.00. The number of rotatable bonds is 5. The summed E-state index contributed by atoms with van der Waals surface area (Å²) in [7, 11) is 0. The van der Waals surface area contributed by atoms with E-state index in [4.69, 9.17) is 4.52 Å². The van der Waals surface area contributed by atoms with Gasteiger partial charge in [-0.25, -0.2) is 0 Å². The van der Waals surface area contributed by atoms with Crippen molar-refractivity contribution in [1.82, 2.24) is 19.9 Å². The summed E-state index contributed by atoms with van der Waals surface area (Å²) in [5, 5.41) is 6.81. The lowest BCUT2D eigenvalue weighted by Gasteiger charge is -2.36. The van der Waals surface area contributed by atoms with Gasteiger partial charge in [0.15, 0.2) is 5.82 Å². The average molecular weight is 343 g/mol. The molecule has 0 bridgehead atoms. The van der Waals surface area contributed by atoms with Gasteiger partial charge in [-0.05, 0) is 32.9 Å². The van der Waals surface area contributed by atoms with Crippen molar-refractivity contribution >= 4 is 11.6 Å². The first-order chi connectivity index (χ1) is 12.0. The summed E-state index contributed by atoms with van der Waals surface area (Å²) in [4.78, 5) is 21.0. The molecule has 0 aliphatic carbocycles. The van der Waals surface area contributed by atoms with Crippen LogP contribution in [0.4, 0.5) is 5.69 Å².